The zero-order chi connectivity index (χ0) is 17.6. The largest absolute Gasteiger partial charge is 0.459 e. The van der Waals surface area contributed by atoms with Crippen LogP contribution in [0.3, 0.4) is 0 Å². The maximum atomic E-state index is 12.9. The molecule has 3 aliphatic carbocycles. The molecule has 1 fully saturated rings. The van der Waals surface area contributed by atoms with Gasteiger partial charge in [0.15, 0.2) is 0 Å². The minimum absolute atomic E-state index is 0.0942. The van der Waals surface area contributed by atoms with Crippen LogP contribution in [0.1, 0.15) is 64.5 Å². The summed E-state index contributed by atoms with van der Waals surface area (Å²) < 4.78 is 5.75. The quantitative estimate of drug-likeness (QED) is 0.845. The summed E-state index contributed by atoms with van der Waals surface area (Å²) >= 11 is 0. The molecule has 4 rings (SSSR count). The predicted molar refractivity (Wildman–Crippen MR) is 97.5 cm³/mol. The van der Waals surface area contributed by atoms with Gasteiger partial charge in [0.25, 0.3) is 0 Å². The van der Waals surface area contributed by atoms with Crippen molar-refractivity contribution in [2.75, 3.05) is 0 Å². The van der Waals surface area contributed by atoms with E-state index in [4.69, 9.17) is 10.5 Å². The lowest BCUT2D eigenvalue weighted by molar-refractivity contribution is -0.167. The van der Waals surface area contributed by atoms with E-state index in [0.717, 1.165) is 37.7 Å². The predicted octanol–water partition coefficient (Wildman–Crippen LogP) is 4.25. The monoisotopic (exact) mass is 327 g/mol. The Labute approximate surface area is 145 Å². The van der Waals surface area contributed by atoms with Crippen molar-refractivity contribution in [2.45, 2.75) is 70.9 Å². The molecule has 0 spiro atoms. The maximum Gasteiger partial charge on any atom is 0.316 e. The third-order valence-corrected chi connectivity index (χ3v) is 5.49. The Morgan fingerprint density at radius 2 is 1.79 bits per heavy atom. The topological polar surface area (TPSA) is 52.3 Å². The number of carbonyl (C=O) groups excluding carboxylic acids is 1. The first-order chi connectivity index (χ1) is 11.2. The fraction of sp³-hybridized carbons (Fsp3) is 0.571. The highest BCUT2D eigenvalue weighted by Gasteiger charge is 2.52. The lowest BCUT2D eigenvalue weighted by Gasteiger charge is -2.50. The summed E-state index contributed by atoms with van der Waals surface area (Å²) in [5.41, 5.74) is 9.12. The zero-order valence-electron chi connectivity index (χ0n) is 15.3. The summed E-state index contributed by atoms with van der Waals surface area (Å²) in [5, 5.41) is 0. The van der Waals surface area contributed by atoms with Crippen molar-refractivity contribution in [1.29, 1.82) is 0 Å². The van der Waals surface area contributed by atoms with Gasteiger partial charge in [-0.1, -0.05) is 37.3 Å². The van der Waals surface area contributed by atoms with E-state index in [1.165, 1.54) is 11.1 Å². The molecule has 130 valence electrons. The van der Waals surface area contributed by atoms with Crippen LogP contribution < -0.4 is 5.73 Å². The van der Waals surface area contributed by atoms with Gasteiger partial charge in [0.1, 0.15) is 5.60 Å². The third kappa shape index (κ3) is 2.90. The molecule has 0 heterocycles. The second kappa shape index (κ2) is 5.73. The number of esters is 1. The van der Waals surface area contributed by atoms with Crippen molar-refractivity contribution >= 4 is 11.5 Å². The van der Waals surface area contributed by atoms with Crippen LogP contribution in [0.25, 0.3) is 5.57 Å². The summed E-state index contributed by atoms with van der Waals surface area (Å²) in [4.78, 5) is 12.9. The highest BCUT2D eigenvalue weighted by molar-refractivity contribution is 5.88. The Hall–Kier alpha value is -1.61. The van der Waals surface area contributed by atoms with Crippen LogP contribution in [0.15, 0.2) is 30.3 Å². The van der Waals surface area contributed by atoms with Crippen LogP contribution >= 0.6 is 0 Å². The van der Waals surface area contributed by atoms with Crippen LogP contribution in [0.5, 0.6) is 0 Å². The van der Waals surface area contributed by atoms with Crippen molar-refractivity contribution in [1.82, 2.24) is 0 Å². The van der Waals surface area contributed by atoms with E-state index in [1.807, 2.05) is 20.8 Å². The van der Waals surface area contributed by atoms with E-state index in [9.17, 15) is 4.79 Å². The summed E-state index contributed by atoms with van der Waals surface area (Å²) in [6.45, 7) is 7.94. The molecule has 0 amide bonds. The average molecular weight is 327 g/mol. The molecule has 3 nitrogen and oxygen atoms in total. The molecule has 1 aromatic rings. The molecule has 1 aromatic carbocycles. The van der Waals surface area contributed by atoms with E-state index >= 15 is 0 Å². The zero-order valence-corrected chi connectivity index (χ0v) is 15.3. The van der Waals surface area contributed by atoms with E-state index in [1.54, 1.807) is 0 Å². The van der Waals surface area contributed by atoms with Crippen LogP contribution in [-0.2, 0) is 16.0 Å². The molecule has 0 unspecified atom stereocenters. The van der Waals surface area contributed by atoms with E-state index in [2.05, 4.69) is 37.3 Å². The van der Waals surface area contributed by atoms with E-state index in [-0.39, 0.29) is 11.5 Å². The summed E-state index contributed by atoms with van der Waals surface area (Å²) in [6, 6.07) is 8.42. The number of hydrogen-bond acceptors (Lipinski definition) is 3. The second-order valence-corrected chi connectivity index (χ2v) is 8.38. The van der Waals surface area contributed by atoms with E-state index < -0.39 is 11.0 Å². The first-order valence-electron chi connectivity index (χ1n) is 9.03. The summed E-state index contributed by atoms with van der Waals surface area (Å²) in [7, 11) is 0. The first-order valence-corrected chi connectivity index (χ1v) is 9.03. The third-order valence-electron chi connectivity index (χ3n) is 5.49. The molecule has 1 saturated carbocycles. The molecule has 3 aliphatic rings. The number of nitrogens with two attached hydrogens (primary N) is 1. The van der Waals surface area contributed by atoms with Crippen molar-refractivity contribution < 1.29 is 9.53 Å². The molecule has 0 atom stereocenters. The molecular weight excluding hydrogens is 298 g/mol. The number of hydrogen-bond donors (Lipinski definition) is 1. The van der Waals surface area contributed by atoms with Gasteiger partial charge in [-0.3, -0.25) is 4.79 Å². The molecule has 24 heavy (non-hydrogen) atoms. The lowest BCUT2D eigenvalue weighted by Crippen LogP contribution is -2.54. The smallest absolute Gasteiger partial charge is 0.316 e. The first kappa shape index (κ1) is 17.2. The van der Waals surface area contributed by atoms with Gasteiger partial charge in [-0.15, -0.1) is 0 Å². The molecule has 0 saturated heterocycles. The number of ether oxygens (including phenoxy) is 1. The van der Waals surface area contributed by atoms with Gasteiger partial charge in [0.2, 0.25) is 0 Å². The minimum Gasteiger partial charge on any atom is -0.459 e. The second-order valence-electron chi connectivity index (χ2n) is 8.38. The summed E-state index contributed by atoms with van der Waals surface area (Å²) in [5.74, 6) is -0.0942. The average Bonchev–Trinajstić information content (AvgIpc) is 2.53. The molecule has 3 heteroatoms. The van der Waals surface area contributed by atoms with Crippen LogP contribution in [0, 0.1) is 5.41 Å². The Morgan fingerprint density at radius 3 is 2.38 bits per heavy atom. The Kier molecular flexibility index (Phi) is 4.11. The standard InChI is InChI=1S/C21H29NO2/c1-5-15-8-6-7-9-16(15)17-14-20(18(23)24-19(2,3)4)10-12-21(17,22)13-11-20/h6-9,14H,5,10-13,22H2,1-4H3. The van der Waals surface area contributed by atoms with Gasteiger partial charge >= 0.3 is 5.97 Å². The number of carbonyl (C=O) groups is 1. The van der Waals surface area contributed by atoms with Gasteiger partial charge < -0.3 is 10.5 Å². The van der Waals surface area contributed by atoms with Gasteiger partial charge in [-0.25, -0.2) is 0 Å². The van der Waals surface area contributed by atoms with Crippen molar-refractivity contribution in [3.8, 4) is 0 Å². The minimum atomic E-state index is -0.509. The molecule has 0 aliphatic heterocycles. The number of benzene rings is 1. The SMILES string of the molecule is CCc1ccccc1C1=CC2(C(=O)OC(C)(C)C)CCC1(N)CC2. The van der Waals surface area contributed by atoms with E-state index in [0.29, 0.717) is 0 Å². The number of fused-ring (bicyclic) bond motifs is 2. The van der Waals surface area contributed by atoms with Crippen LogP contribution in [0.4, 0.5) is 0 Å². The molecule has 2 bridgehead atoms. The molecule has 0 radical (unpaired) electrons. The van der Waals surface area contributed by atoms with Gasteiger partial charge in [-0.05, 0) is 69.6 Å². The fourth-order valence-corrected chi connectivity index (χ4v) is 4.06. The normalized spacial score (nSPS) is 29.3. The number of aryl methyl sites for hydroxylation is 1. The highest BCUT2D eigenvalue weighted by Crippen LogP contribution is 2.54. The van der Waals surface area contributed by atoms with Crippen molar-refractivity contribution in [2.24, 2.45) is 11.1 Å². The van der Waals surface area contributed by atoms with Crippen molar-refractivity contribution in [3.05, 3.63) is 41.5 Å². The molecule has 0 aromatic heterocycles. The van der Waals surface area contributed by atoms with Gasteiger partial charge in [0, 0.05) is 5.54 Å². The van der Waals surface area contributed by atoms with Crippen LogP contribution in [0.2, 0.25) is 0 Å². The number of rotatable bonds is 3. The van der Waals surface area contributed by atoms with Gasteiger partial charge in [0.05, 0.1) is 5.41 Å². The Bertz CT molecular complexity index is 673. The molecule has 2 N–H and O–H groups in total. The highest BCUT2D eigenvalue weighted by atomic mass is 16.6. The van der Waals surface area contributed by atoms with Gasteiger partial charge in [-0.2, -0.15) is 0 Å². The lowest BCUT2D eigenvalue weighted by atomic mass is 9.57. The Balaban J connectivity index is 2.06. The van der Waals surface area contributed by atoms with Crippen molar-refractivity contribution in [3.63, 3.8) is 0 Å². The molecular formula is C21H29NO2. The maximum absolute atomic E-state index is 12.9. The summed E-state index contributed by atoms with van der Waals surface area (Å²) in [6.07, 6.45) is 6.37. The fourth-order valence-electron chi connectivity index (χ4n) is 4.06. The van der Waals surface area contributed by atoms with Crippen LogP contribution in [-0.4, -0.2) is 17.1 Å². The Morgan fingerprint density at radius 1 is 1.17 bits per heavy atom.